The molecule has 1 N–H and O–H groups in total. The normalized spacial score (nSPS) is 29.4. The van der Waals surface area contributed by atoms with Gasteiger partial charge in [-0.3, -0.25) is 19.5 Å². The zero-order valence-corrected chi connectivity index (χ0v) is 20.9. The number of fused-ring (bicyclic) bond motifs is 2. The van der Waals surface area contributed by atoms with E-state index in [4.69, 9.17) is 9.72 Å². The molecule has 0 radical (unpaired) electrons. The van der Waals surface area contributed by atoms with Crippen LogP contribution in [-0.2, 0) is 9.53 Å². The molecule has 184 valence electrons. The quantitative estimate of drug-likeness (QED) is 0.496. The molecule has 7 rings (SSSR count). The van der Waals surface area contributed by atoms with Gasteiger partial charge in [0, 0.05) is 36.1 Å². The number of allylic oxidation sites excluding steroid dienone is 1. The highest BCUT2D eigenvalue weighted by molar-refractivity contribution is 6.06. The molecule has 2 aromatic rings. The van der Waals surface area contributed by atoms with Crippen LogP contribution in [0.5, 0.6) is 0 Å². The number of hydrogen-bond acceptors (Lipinski definition) is 5. The molecular formula is C29H35N3O3. The number of likely N-dealkylation sites (tertiary alicyclic amines) is 1. The highest BCUT2D eigenvalue weighted by atomic mass is 16.5. The number of amides is 1. The topological polar surface area (TPSA) is 71.5 Å². The Bertz CT molecular complexity index is 1210. The summed E-state index contributed by atoms with van der Waals surface area (Å²) in [6.45, 7) is 6.17. The zero-order valence-electron chi connectivity index (χ0n) is 20.9. The molecule has 1 aromatic heterocycles. The van der Waals surface area contributed by atoms with E-state index >= 15 is 0 Å². The van der Waals surface area contributed by atoms with Gasteiger partial charge in [-0.15, -0.1) is 0 Å². The minimum Gasteiger partial charge on any atom is -0.468 e. The summed E-state index contributed by atoms with van der Waals surface area (Å²) in [4.78, 5) is 33.2. The summed E-state index contributed by atoms with van der Waals surface area (Å²) in [5.74, 6) is 1.55. The van der Waals surface area contributed by atoms with Gasteiger partial charge in [-0.05, 0) is 61.5 Å². The second-order valence-electron chi connectivity index (χ2n) is 11.6. The van der Waals surface area contributed by atoms with Crippen LogP contribution in [0.4, 0.5) is 0 Å². The highest BCUT2D eigenvalue weighted by Crippen LogP contribution is 2.59. The number of rotatable bonds is 6. The fourth-order valence-corrected chi connectivity index (χ4v) is 6.69. The number of hydrogen-bond donors (Lipinski definition) is 1. The number of carbonyl (C=O) groups excluding carboxylic acids is 2. The summed E-state index contributed by atoms with van der Waals surface area (Å²) >= 11 is 0. The third-order valence-electron chi connectivity index (χ3n) is 9.16. The van der Waals surface area contributed by atoms with E-state index in [2.05, 4.69) is 30.1 Å². The summed E-state index contributed by atoms with van der Waals surface area (Å²) in [6, 6.07) is 9.41. The van der Waals surface area contributed by atoms with E-state index in [1.54, 1.807) is 0 Å². The van der Waals surface area contributed by atoms with Crippen molar-refractivity contribution in [1.82, 2.24) is 15.2 Å². The van der Waals surface area contributed by atoms with Gasteiger partial charge in [0.2, 0.25) is 0 Å². The van der Waals surface area contributed by atoms with Crippen LogP contribution < -0.4 is 5.32 Å². The summed E-state index contributed by atoms with van der Waals surface area (Å²) < 4.78 is 5.15. The lowest BCUT2D eigenvalue weighted by Gasteiger charge is -2.57. The van der Waals surface area contributed by atoms with Gasteiger partial charge in [-0.25, -0.2) is 0 Å². The predicted octanol–water partition coefficient (Wildman–Crippen LogP) is 4.45. The van der Waals surface area contributed by atoms with Crippen molar-refractivity contribution < 1.29 is 14.3 Å². The van der Waals surface area contributed by atoms with Gasteiger partial charge in [-0.2, -0.15) is 0 Å². The highest BCUT2D eigenvalue weighted by Gasteiger charge is 2.52. The van der Waals surface area contributed by atoms with Crippen molar-refractivity contribution in [3.05, 3.63) is 53.2 Å². The van der Waals surface area contributed by atoms with Gasteiger partial charge < -0.3 is 10.1 Å². The fourth-order valence-electron chi connectivity index (χ4n) is 6.69. The first-order valence-corrected chi connectivity index (χ1v) is 13.1. The van der Waals surface area contributed by atoms with E-state index in [0.717, 1.165) is 48.3 Å². The average Bonchev–Trinajstić information content (AvgIpc) is 3.64. The maximum atomic E-state index is 13.5. The maximum Gasteiger partial charge on any atom is 0.323 e. The second-order valence-corrected chi connectivity index (χ2v) is 11.6. The number of pyridine rings is 1. The molecule has 2 bridgehead atoms. The van der Waals surface area contributed by atoms with Crippen molar-refractivity contribution in [3.8, 4) is 0 Å². The van der Waals surface area contributed by atoms with Crippen LogP contribution in [0.3, 0.4) is 0 Å². The van der Waals surface area contributed by atoms with Crippen molar-refractivity contribution in [3.63, 3.8) is 0 Å². The Morgan fingerprint density at radius 1 is 1.20 bits per heavy atom. The Labute approximate surface area is 207 Å². The Balaban J connectivity index is 1.21. The molecule has 6 nitrogen and oxygen atoms in total. The number of nitrogens with one attached hydrogen (secondary N) is 1. The van der Waals surface area contributed by atoms with E-state index in [1.807, 2.05) is 30.3 Å². The van der Waals surface area contributed by atoms with Crippen molar-refractivity contribution >= 4 is 22.8 Å². The summed E-state index contributed by atoms with van der Waals surface area (Å²) in [7, 11) is 1.45. The van der Waals surface area contributed by atoms with Crippen molar-refractivity contribution in [2.75, 3.05) is 20.2 Å². The van der Waals surface area contributed by atoms with Gasteiger partial charge in [-0.1, -0.05) is 43.7 Å². The number of benzene rings is 1. The molecule has 1 aliphatic heterocycles. The molecule has 3 fully saturated rings. The molecule has 2 heterocycles. The van der Waals surface area contributed by atoms with Crippen molar-refractivity contribution in [1.29, 1.82) is 0 Å². The van der Waals surface area contributed by atoms with Crippen LogP contribution in [0.2, 0.25) is 0 Å². The Morgan fingerprint density at radius 3 is 2.71 bits per heavy atom. The predicted molar refractivity (Wildman–Crippen MR) is 135 cm³/mol. The third-order valence-corrected chi connectivity index (χ3v) is 9.16. The second kappa shape index (κ2) is 8.44. The van der Waals surface area contributed by atoms with Crippen molar-refractivity contribution in [2.24, 2.45) is 17.3 Å². The maximum absolute atomic E-state index is 13.5. The molecule has 0 unspecified atom stereocenters. The first-order chi connectivity index (χ1) is 16.8. The van der Waals surface area contributed by atoms with Gasteiger partial charge in [0.15, 0.2) is 0 Å². The zero-order chi connectivity index (χ0) is 24.3. The standard InChI is InChI=1S/C29H35N3O3/c1-29(2)19-11-10-18(23(29)12-19)15-32-16-20(13-26(32)28(34)35-3)30-27(33)22-14-25(17-8-9-17)31-24-7-5-4-6-21(22)24/h4-7,10,14,17,19-20,23,26H,8-9,11-13,15-16H2,1-3H3,(H,30,33)/t19-,20+,23-,26-/m0/s1. The summed E-state index contributed by atoms with van der Waals surface area (Å²) in [6.07, 6.45) is 7.63. The molecule has 1 aromatic carbocycles. The first-order valence-electron chi connectivity index (χ1n) is 13.1. The van der Waals surface area contributed by atoms with E-state index in [9.17, 15) is 9.59 Å². The molecule has 35 heavy (non-hydrogen) atoms. The Morgan fingerprint density at radius 2 is 2.00 bits per heavy atom. The van der Waals surface area contributed by atoms with E-state index in [0.29, 0.717) is 35.8 Å². The van der Waals surface area contributed by atoms with Crippen LogP contribution in [0.1, 0.15) is 67.9 Å². The number of nitrogens with zero attached hydrogens (tertiary/aromatic N) is 2. The molecule has 4 aliphatic carbocycles. The van der Waals surface area contributed by atoms with Crippen LogP contribution in [0, 0.1) is 17.3 Å². The number of aromatic nitrogens is 1. The lowest BCUT2D eigenvalue weighted by molar-refractivity contribution is -0.145. The van der Waals surface area contributed by atoms with Crippen LogP contribution in [0.15, 0.2) is 42.0 Å². The van der Waals surface area contributed by atoms with Gasteiger partial charge in [0.05, 0.1) is 18.2 Å². The van der Waals surface area contributed by atoms with Gasteiger partial charge >= 0.3 is 5.97 Å². The number of para-hydroxylation sites is 1. The summed E-state index contributed by atoms with van der Waals surface area (Å²) in [5, 5.41) is 4.13. The molecule has 1 amide bonds. The largest absolute Gasteiger partial charge is 0.468 e. The first kappa shape index (κ1) is 22.7. The Hall–Kier alpha value is -2.73. The lowest BCUT2D eigenvalue weighted by atomic mass is 9.49. The van der Waals surface area contributed by atoms with Gasteiger partial charge in [0.1, 0.15) is 6.04 Å². The van der Waals surface area contributed by atoms with Crippen LogP contribution in [0.25, 0.3) is 10.9 Å². The number of esters is 1. The number of ether oxygens (including phenoxy) is 1. The van der Waals surface area contributed by atoms with E-state index in [-0.39, 0.29) is 24.0 Å². The molecule has 1 saturated heterocycles. The Kier molecular flexibility index (Phi) is 5.48. The molecule has 4 atom stereocenters. The van der Waals surface area contributed by atoms with Crippen LogP contribution in [-0.4, -0.2) is 54.0 Å². The van der Waals surface area contributed by atoms with Crippen LogP contribution >= 0.6 is 0 Å². The molecular weight excluding hydrogens is 438 g/mol. The monoisotopic (exact) mass is 473 g/mol. The lowest BCUT2D eigenvalue weighted by Crippen LogP contribution is -2.50. The third kappa shape index (κ3) is 3.96. The molecule has 0 spiro atoms. The van der Waals surface area contributed by atoms with E-state index in [1.165, 1.54) is 19.1 Å². The minimum atomic E-state index is -0.330. The SMILES string of the molecule is COC(=O)[C@@H]1C[C@@H](NC(=O)c2cc(C3CC3)nc3ccccc23)CN1CC1=CC[C@H]2C[C@@H]1C2(C)C. The summed E-state index contributed by atoms with van der Waals surface area (Å²) in [5.41, 5.74) is 4.36. The van der Waals surface area contributed by atoms with Crippen molar-refractivity contribution in [2.45, 2.75) is 64.0 Å². The van der Waals surface area contributed by atoms with E-state index < -0.39 is 0 Å². The number of carbonyl (C=O) groups is 2. The molecule has 2 saturated carbocycles. The fraction of sp³-hybridized carbons (Fsp3) is 0.552. The average molecular weight is 474 g/mol. The van der Waals surface area contributed by atoms with Gasteiger partial charge in [0.25, 0.3) is 5.91 Å². The molecule has 5 aliphatic rings. The smallest absolute Gasteiger partial charge is 0.323 e. The minimum absolute atomic E-state index is 0.0826. The number of methoxy groups -OCH3 is 1. The molecule has 6 heteroatoms.